The predicted octanol–water partition coefficient (Wildman–Crippen LogP) is 4.04. The van der Waals surface area contributed by atoms with Gasteiger partial charge in [0.1, 0.15) is 10.6 Å². The molecule has 0 heterocycles. The predicted molar refractivity (Wildman–Crippen MR) is 103 cm³/mol. The summed E-state index contributed by atoms with van der Waals surface area (Å²) in [4.78, 5) is 12.2. The number of rotatable bonds is 6. The van der Waals surface area contributed by atoms with Crippen LogP contribution in [0.4, 0.5) is 0 Å². The summed E-state index contributed by atoms with van der Waals surface area (Å²) in [5, 5.41) is 2.85. The van der Waals surface area contributed by atoms with E-state index in [4.69, 9.17) is 15.8 Å². The van der Waals surface area contributed by atoms with Crippen molar-refractivity contribution in [2.75, 3.05) is 0 Å². The Morgan fingerprint density at radius 1 is 0.926 bits per heavy atom. The lowest BCUT2D eigenvalue weighted by Gasteiger charge is -2.10. The highest BCUT2D eigenvalue weighted by molar-refractivity contribution is 7.87. The summed E-state index contributed by atoms with van der Waals surface area (Å²) in [6, 6.07) is 21.4. The fraction of sp³-hybridized carbons (Fsp3) is 0.0500. The molecule has 0 atom stereocenters. The SMILES string of the molecule is O=C(NCc1ccccc1)c1cccc(OS(=O)(=O)c2ccccc2Cl)c1. The lowest BCUT2D eigenvalue weighted by Crippen LogP contribution is -2.22. The van der Waals surface area contributed by atoms with Crippen molar-refractivity contribution >= 4 is 27.6 Å². The Morgan fingerprint density at radius 2 is 1.63 bits per heavy atom. The number of hydrogen-bond acceptors (Lipinski definition) is 4. The maximum atomic E-state index is 12.4. The fourth-order valence-electron chi connectivity index (χ4n) is 2.39. The molecule has 1 amide bonds. The molecule has 3 aromatic carbocycles. The minimum atomic E-state index is -4.11. The van der Waals surface area contributed by atoms with Gasteiger partial charge >= 0.3 is 10.1 Å². The first-order valence-electron chi connectivity index (χ1n) is 8.07. The molecule has 1 N–H and O–H groups in total. The van der Waals surface area contributed by atoms with Gasteiger partial charge in [-0.15, -0.1) is 0 Å². The van der Waals surface area contributed by atoms with Crippen LogP contribution in [0.25, 0.3) is 0 Å². The van der Waals surface area contributed by atoms with Crippen LogP contribution in [0.1, 0.15) is 15.9 Å². The highest BCUT2D eigenvalue weighted by Gasteiger charge is 2.20. The van der Waals surface area contributed by atoms with Crippen molar-refractivity contribution < 1.29 is 17.4 Å². The van der Waals surface area contributed by atoms with Crippen molar-refractivity contribution in [1.82, 2.24) is 5.32 Å². The Hall–Kier alpha value is -2.83. The van der Waals surface area contributed by atoms with Gasteiger partial charge in [0.15, 0.2) is 0 Å². The molecule has 0 saturated carbocycles. The molecule has 0 saturated heterocycles. The second-order valence-electron chi connectivity index (χ2n) is 5.66. The molecule has 0 spiro atoms. The lowest BCUT2D eigenvalue weighted by molar-refractivity contribution is 0.0950. The van der Waals surface area contributed by atoms with Crippen LogP contribution in [-0.2, 0) is 16.7 Å². The molecular weight excluding hydrogens is 386 g/mol. The summed E-state index contributed by atoms with van der Waals surface area (Å²) in [5.74, 6) is -0.304. The summed E-state index contributed by atoms with van der Waals surface area (Å²) >= 11 is 5.93. The summed E-state index contributed by atoms with van der Waals surface area (Å²) in [6.07, 6.45) is 0. The molecule has 0 aromatic heterocycles. The summed E-state index contributed by atoms with van der Waals surface area (Å²) < 4.78 is 29.9. The Labute approximate surface area is 162 Å². The normalized spacial score (nSPS) is 11.0. The molecule has 0 radical (unpaired) electrons. The van der Waals surface area contributed by atoms with Crippen molar-refractivity contribution in [3.8, 4) is 5.75 Å². The maximum absolute atomic E-state index is 12.4. The van der Waals surface area contributed by atoms with Gasteiger partial charge in [-0.2, -0.15) is 8.42 Å². The number of carbonyl (C=O) groups excluding carboxylic acids is 1. The van der Waals surface area contributed by atoms with Crippen molar-refractivity contribution in [2.45, 2.75) is 11.4 Å². The number of amides is 1. The molecule has 0 aliphatic heterocycles. The largest absolute Gasteiger partial charge is 0.379 e. The van der Waals surface area contributed by atoms with E-state index < -0.39 is 10.1 Å². The van der Waals surface area contributed by atoms with Gasteiger partial charge in [0, 0.05) is 12.1 Å². The van der Waals surface area contributed by atoms with Gasteiger partial charge in [-0.05, 0) is 35.9 Å². The number of hydrogen-bond donors (Lipinski definition) is 1. The number of benzene rings is 3. The molecule has 0 unspecified atom stereocenters. The van der Waals surface area contributed by atoms with Gasteiger partial charge in [0.2, 0.25) is 0 Å². The zero-order chi connectivity index (χ0) is 19.3. The van der Waals surface area contributed by atoms with Gasteiger partial charge in [0.25, 0.3) is 5.91 Å². The van der Waals surface area contributed by atoms with Crippen LogP contribution in [0.2, 0.25) is 5.02 Å². The third kappa shape index (κ3) is 4.87. The second kappa shape index (κ2) is 8.24. The van der Waals surface area contributed by atoms with Gasteiger partial charge < -0.3 is 9.50 Å². The Bertz CT molecular complexity index is 1050. The molecule has 0 aliphatic rings. The molecule has 0 fully saturated rings. The van der Waals surface area contributed by atoms with E-state index in [1.807, 2.05) is 30.3 Å². The van der Waals surface area contributed by atoms with Crippen LogP contribution < -0.4 is 9.50 Å². The molecule has 138 valence electrons. The number of halogens is 1. The standard InChI is InChI=1S/C20H16ClNO4S/c21-18-11-4-5-12-19(18)27(24,25)26-17-10-6-9-16(13-17)20(23)22-14-15-7-2-1-3-8-15/h1-13H,14H2,(H,22,23). The van der Waals surface area contributed by atoms with Gasteiger partial charge in [-0.25, -0.2) is 0 Å². The van der Waals surface area contributed by atoms with E-state index in [0.29, 0.717) is 6.54 Å². The Kier molecular flexibility index (Phi) is 5.78. The van der Waals surface area contributed by atoms with Crippen LogP contribution in [0.5, 0.6) is 5.75 Å². The van der Waals surface area contributed by atoms with E-state index in [2.05, 4.69) is 5.32 Å². The first-order chi connectivity index (χ1) is 13.0. The summed E-state index contributed by atoms with van der Waals surface area (Å²) in [7, 11) is -4.11. The third-order valence-electron chi connectivity index (χ3n) is 3.70. The van der Waals surface area contributed by atoms with Crippen LogP contribution in [-0.4, -0.2) is 14.3 Å². The molecule has 0 bridgehead atoms. The summed E-state index contributed by atoms with van der Waals surface area (Å²) in [6.45, 7) is 0.364. The van der Waals surface area contributed by atoms with Crippen LogP contribution in [0, 0.1) is 0 Å². The Balaban J connectivity index is 1.73. The first-order valence-corrected chi connectivity index (χ1v) is 9.85. The maximum Gasteiger partial charge on any atom is 0.340 e. The van der Waals surface area contributed by atoms with Gasteiger partial charge in [-0.1, -0.05) is 60.1 Å². The van der Waals surface area contributed by atoms with E-state index in [-0.39, 0.29) is 27.1 Å². The zero-order valence-electron chi connectivity index (χ0n) is 14.1. The Morgan fingerprint density at radius 3 is 2.37 bits per heavy atom. The lowest BCUT2D eigenvalue weighted by atomic mass is 10.2. The third-order valence-corrected chi connectivity index (χ3v) is 5.45. The van der Waals surface area contributed by atoms with Crippen molar-refractivity contribution in [3.05, 3.63) is 95.0 Å². The molecule has 5 nitrogen and oxygen atoms in total. The fourth-order valence-corrected chi connectivity index (χ4v) is 3.81. The van der Waals surface area contributed by atoms with E-state index in [1.165, 1.54) is 24.3 Å². The van der Waals surface area contributed by atoms with Crippen molar-refractivity contribution in [3.63, 3.8) is 0 Å². The van der Waals surface area contributed by atoms with Gasteiger partial charge in [-0.3, -0.25) is 4.79 Å². The average Bonchev–Trinajstić information content (AvgIpc) is 2.67. The topological polar surface area (TPSA) is 72.5 Å². The minimum absolute atomic E-state index is 0.0299. The second-order valence-corrected chi connectivity index (χ2v) is 7.59. The highest BCUT2D eigenvalue weighted by atomic mass is 35.5. The van der Waals surface area contributed by atoms with Crippen LogP contribution in [0.3, 0.4) is 0 Å². The average molecular weight is 402 g/mol. The molecule has 7 heteroatoms. The summed E-state index contributed by atoms with van der Waals surface area (Å²) in [5.41, 5.74) is 1.25. The smallest absolute Gasteiger partial charge is 0.340 e. The van der Waals surface area contributed by atoms with Crippen LogP contribution >= 0.6 is 11.6 Å². The van der Waals surface area contributed by atoms with E-state index in [9.17, 15) is 13.2 Å². The van der Waals surface area contributed by atoms with E-state index >= 15 is 0 Å². The van der Waals surface area contributed by atoms with Crippen molar-refractivity contribution in [2.24, 2.45) is 0 Å². The molecular formula is C20H16ClNO4S. The van der Waals surface area contributed by atoms with Crippen molar-refractivity contribution in [1.29, 1.82) is 0 Å². The molecule has 27 heavy (non-hydrogen) atoms. The quantitative estimate of drug-likeness (QED) is 0.633. The number of nitrogens with one attached hydrogen (secondary N) is 1. The minimum Gasteiger partial charge on any atom is -0.379 e. The zero-order valence-corrected chi connectivity index (χ0v) is 15.7. The molecule has 3 rings (SSSR count). The van der Waals surface area contributed by atoms with E-state index in [0.717, 1.165) is 5.56 Å². The molecule has 3 aromatic rings. The monoisotopic (exact) mass is 401 g/mol. The number of carbonyl (C=O) groups is 1. The van der Waals surface area contributed by atoms with E-state index in [1.54, 1.807) is 24.3 Å². The molecule has 0 aliphatic carbocycles. The van der Waals surface area contributed by atoms with Gasteiger partial charge in [0.05, 0.1) is 5.02 Å². The van der Waals surface area contributed by atoms with Crippen LogP contribution in [0.15, 0.2) is 83.8 Å². The first kappa shape index (κ1) is 18.9. The highest BCUT2D eigenvalue weighted by Crippen LogP contribution is 2.25.